The van der Waals surface area contributed by atoms with E-state index in [-0.39, 0.29) is 5.82 Å². The monoisotopic (exact) mass is 409 g/mol. The third-order valence-corrected chi connectivity index (χ3v) is 7.23. The Kier molecular flexibility index (Phi) is 8.90. The number of hydrogen-bond donors (Lipinski definition) is 0. The molecule has 2 aromatic rings. The highest BCUT2D eigenvalue weighted by Gasteiger charge is 2.30. The molecule has 0 aliphatic heterocycles. The Hall–Kier alpha value is -1.70. The molecule has 1 aliphatic rings. The van der Waals surface area contributed by atoms with Crippen molar-refractivity contribution < 1.29 is 4.39 Å². The van der Waals surface area contributed by atoms with Gasteiger partial charge in [-0.05, 0) is 72.8 Å². The van der Waals surface area contributed by atoms with Gasteiger partial charge in [0.1, 0.15) is 5.82 Å². The van der Waals surface area contributed by atoms with Crippen molar-refractivity contribution in [1.29, 1.82) is 0 Å². The van der Waals surface area contributed by atoms with Gasteiger partial charge in [0, 0.05) is 11.8 Å². The average Bonchev–Trinajstić information content (AvgIpc) is 2.77. The molecule has 1 unspecified atom stereocenters. The Morgan fingerprint density at radius 2 is 1.77 bits per heavy atom. The summed E-state index contributed by atoms with van der Waals surface area (Å²) in [5.41, 5.74) is 3.70. The van der Waals surface area contributed by atoms with E-state index in [4.69, 9.17) is 0 Å². The highest BCUT2D eigenvalue weighted by Crippen LogP contribution is 2.40. The summed E-state index contributed by atoms with van der Waals surface area (Å²) in [6.07, 6.45) is 15.7. The fourth-order valence-corrected chi connectivity index (χ4v) is 5.60. The number of nitrogens with zero attached hydrogens (tertiary/aromatic N) is 1. The van der Waals surface area contributed by atoms with Crippen molar-refractivity contribution in [2.45, 2.75) is 91.4 Å². The van der Waals surface area contributed by atoms with Crippen molar-refractivity contribution in [2.75, 3.05) is 0 Å². The van der Waals surface area contributed by atoms with E-state index in [0.29, 0.717) is 5.56 Å². The van der Waals surface area contributed by atoms with Gasteiger partial charge in [0.2, 0.25) is 0 Å². The molecule has 0 bridgehead atoms. The number of hydrogen-bond acceptors (Lipinski definition) is 1. The first-order chi connectivity index (χ1) is 14.7. The molecule has 164 valence electrons. The number of rotatable bonds is 10. The van der Waals surface area contributed by atoms with Crippen LogP contribution in [0.4, 0.5) is 4.39 Å². The van der Waals surface area contributed by atoms with E-state index >= 15 is 0 Å². The number of pyridine rings is 1. The normalized spacial score (nSPS) is 20.3. The highest BCUT2D eigenvalue weighted by molar-refractivity contribution is 5.60. The quantitative estimate of drug-likeness (QED) is 0.384. The van der Waals surface area contributed by atoms with Gasteiger partial charge in [-0.2, -0.15) is 0 Å². The lowest BCUT2D eigenvalue weighted by Crippen LogP contribution is -2.27. The summed E-state index contributed by atoms with van der Waals surface area (Å²) in [5.74, 6) is 2.42. The highest BCUT2D eigenvalue weighted by atomic mass is 19.1. The topological polar surface area (TPSA) is 12.9 Å². The van der Waals surface area contributed by atoms with Crippen molar-refractivity contribution in [2.24, 2.45) is 17.8 Å². The van der Waals surface area contributed by atoms with E-state index in [9.17, 15) is 4.39 Å². The zero-order valence-corrected chi connectivity index (χ0v) is 19.3. The van der Waals surface area contributed by atoms with Crippen LogP contribution in [-0.4, -0.2) is 4.98 Å². The van der Waals surface area contributed by atoms with Crippen LogP contribution in [0.5, 0.6) is 0 Å². The van der Waals surface area contributed by atoms with E-state index in [1.54, 1.807) is 6.07 Å². The standard InChI is InChI=1S/C28H40FN/c1-4-9-22-15-18-28(30-20-22)26-17-14-21(19-27(26)29)13-16-24-11-7-8-12-25(24)23(6-3)10-5-2/h14-15,17-20,23-25H,4-13,16H2,1-3H3/t23?,24-,25-/m0/s1. The molecule has 1 aromatic carbocycles. The minimum atomic E-state index is -0.138. The second kappa shape index (κ2) is 11.6. The maximum atomic E-state index is 14.9. The summed E-state index contributed by atoms with van der Waals surface area (Å²) in [7, 11) is 0. The van der Waals surface area contributed by atoms with Gasteiger partial charge in [0.05, 0.1) is 5.69 Å². The fraction of sp³-hybridized carbons (Fsp3) is 0.607. The molecule has 1 heterocycles. The second-order valence-corrected chi connectivity index (χ2v) is 9.32. The van der Waals surface area contributed by atoms with Crippen molar-refractivity contribution in [3.05, 3.63) is 53.5 Å². The first-order valence-electron chi connectivity index (χ1n) is 12.4. The summed E-state index contributed by atoms with van der Waals surface area (Å²) < 4.78 is 14.9. The Morgan fingerprint density at radius 3 is 2.43 bits per heavy atom. The SMILES string of the molecule is CCCc1ccc(-c2ccc(CC[C@@H]3CCCC[C@H]3C(CC)CCC)cc2F)nc1. The Morgan fingerprint density at radius 1 is 0.967 bits per heavy atom. The van der Waals surface area contributed by atoms with Crippen LogP contribution in [-0.2, 0) is 12.8 Å². The van der Waals surface area contributed by atoms with Crippen molar-refractivity contribution in [3.63, 3.8) is 0 Å². The molecule has 3 atom stereocenters. The van der Waals surface area contributed by atoms with Gasteiger partial charge in [0.25, 0.3) is 0 Å². The van der Waals surface area contributed by atoms with Gasteiger partial charge in [-0.3, -0.25) is 4.98 Å². The molecule has 0 saturated heterocycles. The molecule has 1 saturated carbocycles. The van der Waals surface area contributed by atoms with Gasteiger partial charge in [-0.25, -0.2) is 4.39 Å². The third kappa shape index (κ3) is 5.93. The zero-order chi connectivity index (χ0) is 21.3. The third-order valence-electron chi connectivity index (χ3n) is 7.23. The molecule has 1 aromatic heterocycles. The number of aromatic nitrogens is 1. The average molecular weight is 410 g/mol. The summed E-state index contributed by atoms with van der Waals surface area (Å²) in [6, 6.07) is 9.81. The van der Waals surface area contributed by atoms with Crippen LogP contribution in [0, 0.1) is 23.6 Å². The Bertz CT molecular complexity index is 767. The zero-order valence-electron chi connectivity index (χ0n) is 19.3. The van der Waals surface area contributed by atoms with Gasteiger partial charge < -0.3 is 0 Å². The minimum absolute atomic E-state index is 0.138. The summed E-state index contributed by atoms with van der Waals surface area (Å²) in [4.78, 5) is 4.49. The van der Waals surface area contributed by atoms with Gasteiger partial charge in [0.15, 0.2) is 0 Å². The summed E-state index contributed by atoms with van der Waals surface area (Å²) >= 11 is 0. The molecule has 30 heavy (non-hydrogen) atoms. The van der Waals surface area contributed by atoms with Crippen LogP contribution in [0.25, 0.3) is 11.3 Å². The Balaban J connectivity index is 1.64. The molecule has 3 rings (SSSR count). The summed E-state index contributed by atoms with van der Waals surface area (Å²) in [6.45, 7) is 6.84. The molecule has 2 heteroatoms. The lowest BCUT2D eigenvalue weighted by Gasteiger charge is -2.37. The first-order valence-corrected chi connectivity index (χ1v) is 12.4. The fourth-order valence-electron chi connectivity index (χ4n) is 5.60. The lowest BCUT2D eigenvalue weighted by molar-refractivity contribution is 0.140. The molecule has 0 N–H and O–H groups in total. The van der Waals surface area contributed by atoms with E-state index in [1.165, 1.54) is 56.9 Å². The van der Waals surface area contributed by atoms with Crippen LogP contribution < -0.4 is 0 Å². The maximum absolute atomic E-state index is 14.9. The molecule has 0 amide bonds. The van der Waals surface area contributed by atoms with Crippen LogP contribution in [0.1, 0.15) is 89.7 Å². The molecule has 1 fully saturated rings. The van der Waals surface area contributed by atoms with Crippen LogP contribution in [0.2, 0.25) is 0 Å². The van der Waals surface area contributed by atoms with Crippen molar-refractivity contribution in [1.82, 2.24) is 4.98 Å². The van der Waals surface area contributed by atoms with Crippen LogP contribution in [0.15, 0.2) is 36.5 Å². The number of halogens is 1. The van der Waals surface area contributed by atoms with Gasteiger partial charge in [-0.1, -0.05) is 77.8 Å². The smallest absolute Gasteiger partial charge is 0.132 e. The predicted octanol–water partition coefficient (Wildman–Crippen LogP) is 8.41. The minimum Gasteiger partial charge on any atom is -0.256 e. The molecule has 1 aliphatic carbocycles. The Labute approximate surface area is 183 Å². The van der Waals surface area contributed by atoms with E-state index in [2.05, 4.69) is 37.9 Å². The molecule has 0 spiro atoms. The molecular formula is C28H40FN. The number of aryl methyl sites for hydroxylation is 2. The summed E-state index contributed by atoms with van der Waals surface area (Å²) in [5, 5.41) is 0. The van der Waals surface area contributed by atoms with Crippen LogP contribution >= 0.6 is 0 Å². The maximum Gasteiger partial charge on any atom is 0.132 e. The van der Waals surface area contributed by atoms with Crippen molar-refractivity contribution >= 4 is 0 Å². The molecular weight excluding hydrogens is 369 g/mol. The predicted molar refractivity (Wildman–Crippen MR) is 126 cm³/mol. The second-order valence-electron chi connectivity index (χ2n) is 9.32. The number of benzene rings is 1. The molecule has 0 radical (unpaired) electrons. The van der Waals surface area contributed by atoms with Crippen molar-refractivity contribution in [3.8, 4) is 11.3 Å². The largest absolute Gasteiger partial charge is 0.256 e. The van der Waals surface area contributed by atoms with E-state index in [1.807, 2.05) is 18.3 Å². The lowest BCUT2D eigenvalue weighted by atomic mass is 9.68. The van der Waals surface area contributed by atoms with E-state index in [0.717, 1.165) is 48.3 Å². The molecule has 1 nitrogen and oxygen atoms in total. The van der Waals surface area contributed by atoms with Crippen LogP contribution in [0.3, 0.4) is 0 Å². The first kappa shape index (κ1) is 23.0. The van der Waals surface area contributed by atoms with Gasteiger partial charge in [-0.15, -0.1) is 0 Å². The van der Waals surface area contributed by atoms with Gasteiger partial charge >= 0.3 is 0 Å². The van der Waals surface area contributed by atoms with E-state index < -0.39 is 0 Å².